The third-order valence-electron chi connectivity index (χ3n) is 3.11. The van der Waals surface area contributed by atoms with E-state index in [0.717, 1.165) is 30.3 Å². The number of nitrogen functional groups attached to an aromatic ring is 1. The summed E-state index contributed by atoms with van der Waals surface area (Å²) in [6, 6.07) is 5.26. The van der Waals surface area contributed by atoms with Gasteiger partial charge in [0.15, 0.2) is 0 Å². The highest BCUT2D eigenvalue weighted by Crippen LogP contribution is 2.19. The fourth-order valence-electron chi connectivity index (χ4n) is 2.12. The quantitative estimate of drug-likeness (QED) is 0.666. The predicted octanol–water partition coefficient (Wildman–Crippen LogP) is 3.12. The lowest BCUT2D eigenvalue weighted by Gasteiger charge is -2.18. The van der Waals surface area contributed by atoms with Crippen molar-refractivity contribution in [3.05, 3.63) is 40.4 Å². The first-order valence-corrected chi connectivity index (χ1v) is 6.93. The van der Waals surface area contributed by atoms with Crippen molar-refractivity contribution in [3.8, 4) is 0 Å². The van der Waals surface area contributed by atoms with Gasteiger partial charge < -0.3 is 11.1 Å². The molecule has 0 saturated carbocycles. The highest BCUT2D eigenvalue weighted by atomic mass is 79.9. The lowest BCUT2D eigenvalue weighted by molar-refractivity contribution is 0.0946. The van der Waals surface area contributed by atoms with E-state index >= 15 is 0 Å². The molecule has 96 valence electrons. The van der Waals surface area contributed by atoms with E-state index in [9.17, 15) is 4.79 Å². The molecule has 2 rings (SSSR count). The summed E-state index contributed by atoms with van der Waals surface area (Å²) in [7, 11) is 0. The summed E-state index contributed by atoms with van der Waals surface area (Å²) in [4.78, 5) is 12.0. The summed E-state index contributed by atoms with van der Waals surface area (Å²) in [6.07, 6.45) is 7.72. The minimum atomic E-state index is -0.0578. The van der Waals surface area contributed by atoms with Gasteiger partial charge in [-0.2, -0.15) is 0 Å². The van der Waals surface area contributed by atoms with Crippen LogP contribution in [0.4, 0.5) is 5.69 Å². The molecule has 4 heteroatoms. The lowest BCUT2D eigenvalue weighted by atomic mass is 9.94. The van der Waals surface area contributed by atoms with Crippen LogP contribution in [0.25, 0.3) is 0 Å². The second kappa shape index (κ2) is 6.05. The van der Waals surface area contributed by atoms with Crippen LogP contribution in [0.15, 0.2) is 34.8 Å². The highest BCUT2D eigenvalue weighted by Gasteiger charge is 2.12. The third-order valence-corrected chi connectivity index (χ3v) is 3.57. The van der Waals surface area contributed by atoms with Gasteiger partial charge in [0.2, 0.25) is 0 Å². The fourth-order valence-corrected chi connectivity index (χ4v) is 2.64. The van der Waals surface area contributed by atoms with E-state index in [4.69, 9.17) is 5.73 Å². The normalized spacial score (nSPS) is 18.6. The maximum Gasteiger partial charge on any atom is 0.251 e. The predicted molar refractivity (Wildman–Crippen MR) is 77.4 cm³/mol. The van der Waals surface area contributed by atoms with E-state index in [-0.39, 0.29) is 5.91 Å². The van der Waals surface area contributed by atoms with Crippen LogP contribution in [-0.4, -0.2) is 12.5 Å². The van der Waals surface area contributed by atoms with Crippen LogP contribution in [0.5, 0.6) is 0 Å². The van der Waals surface area contributed by atoms with E-state index in [2.05, 4.69) is 33.4 Å². The Balaban J connectivity index is 1.92. The lowest BCUT2D eigenvalue weighted by Crippen LogP contribution is -2.29. The Morgan fingerprint density at radius 1 is 1.39 bits per heavy atom. The molecule has 1 aromatic carbocycles. The van der Waals surface area contributed by atoms with Crippen molar-refractivity contribution in [2.45, 2.75) is 19.3 Å². The van der Waals surface area contributed by atoms with Crippen LogP contribution in [0, 0.1) is 5.92 Å². The van der Waals surface area contributed by atoms with Crippen molar-refractivity contribution in [1.29, 1.82) is 0 Å². The van der Waals surface area contributed by atoms with Crippen LogP contribution in [0.2, 0.25) is 0 Å². The zero-order valence-electron chi connectivity index (χ0n) is 10.2. The Bertz CT molecular complexity index is 451. The number of nitrogens with one attached hydrogen (secondary N) is 1. The number of nitrogens with two attached hydrogens (primary N) is 1. The van der Waals surface area contributed by atoms with E-state index in [0.29, 0.717) is 17.2 Å². The molecular formula is C14H17BrN2O. The molecule has 3 N–H and O–H groups in total. The Morgan fingerprint density at radius 2 is 2.22 bits per heavy atom. The molecule has 1 aliphatic rings. The Kier molecular flexibility index (Phi) is 4.42. The van der Waals surface area contributed by atoms with Crippen molar-refractivity contribution in [2.75, 3.05) is 12.3 Å². The van der Waals surface area contributed by atoms with E-state index in [1.54, 1.807) is 18.2 Å². The molecule has 0 heterocycles. The van der Waals surface area contributed by atoms with Gasteiger partial charge >= 0.3 is 0 Å². The van der Waals surface area contributed by atoms with Crippen LogP contribution in [0.1, 0.15) is 29.6 Å². The van der Waals surface area contributed by atoms with Gasteiger partial charge in [-0.1, -0.05) is 28.1 Å². The van der Waals surface area contributed by atoms with E-state index in [1.807, 2.05) is 0 Å². The monoisotopic (exact) mass is 308 g/mol. The minimum absolute atomic E-state index is 0.0578. The second-order valence-electron chi connectivity index (χ2n) is 4.63. The van der Waals surface area contributed by atoms with E-state index in [1.165, 1.54) is 0 Å². The molecule has 1 amide bonds. The van der Waals surface area contributed by atoms with Gasteiger partial charge in [0.1, 0.15) is 0 Å². The SMILES string of the molecule is Nc1cc(Br)cc(C(=O)NCC2CC=CCC2)c1. The van der Waals surface area contributed by atoms with Crippen LogP contribution in [-0.2, 0) is 0 Å². The maximum absolute atomic E-state index is 12.0. The fraction of sp³-hybridized carbons (Fsp3) is 0.357. The van der Waals surface area contributed by atoms with Crippen molar-refractivity contribution in [2.24, 2.45) is 5.92 Å². The first-order valence-electron chi connectivity index (χ1n) is 6.14. The zero-order chi connectivity index (χ0) is 13.0. The average molecular weight is 309 g/mol. The van der Waals surface area contributed by atoms with Gasteiger partial charge in [0.25, 0.3) is 5.91 Å². The van der Waals surface area contributed by atoms with Gasteiger partial charge in [-0.15, -0.1) is 0 Å². The molecule has 1 aromatic rings. The Labute approximate surface area is 116 Å². The standard InChI is InChI=1S/C14H17BrN2O/c15-12-6-11(7-13(16)8-12)14(18)17-9-10-4-2-1-3-5-10/h1-2,6-8,10H,3-5,9,16H2,(H,17,18). The summed E-state index contributed by atoms with van der Waals surface area (Å²) in [5, 5.41) is 2.97. The minimum Gasteiger partial charge on any atom is -0.399 e. The highest BCUT2D eigenvalue weighted by molar-refractivity contribution is 9.10. The smallest absolute Gasteiger partial charge is 0.251 e. The van der Waals surface area contributed by atoms with Gasteiger partial charge in [0, 0.05) is 22.3 Å². The summed E-state index contributed by atoms with van der Waals surface area (Å²) < 4.78 is 0.827. The summed E-state index contributed by atoms with van der Waals surface area (Å²) in [6.45, 7) is 0.732. The van der Waals surface area contributed by atoms with Crippen molar-refractivity contribution >= 4 is 27.5 Å². The molecule has 1 atom stereocenters. The average Bonchev–Trinajstić information content (AvgIpc) is 2.36. The number of amides is 1. The summed E-state index contributed by atoms with van der Waals surface area (Å²) in [5.74, 6) is 0.501. The number of hydrogen-bond acceptors (Lipinski definition) is 2. The van der Waals surface area contributed by atoms with Gasteiger partial charge in [0.05, 0.1) is 0 Å². The molecule has 3 nitrogen and oxygen atoms in total. The van der Waals surface area contributed by atoms with E-state index < -0.39 is 0 Å². The van der Waals surface area contributed by atoms with Gasteiger partial charge in [-0.3, -0.25) is 4.79 Å². The number of benzene rings is 1. The van der Waals surface area contributed by atoms with Crippen LogP contribution < -0.4 is 11.1 Å². The summed E-state index contributed by atoms with van der Waals surface area (Å²) >= 11 is 3.34. The number of carbonyl (C=O) groups is 1. The van der Waals surface area contributed by atoms with Crippen molar-refractivity contribution in [3.63, 3.8) is 0 Å². The van der Waals surface area contributed by atoms with Crippen molar-refractivity contribution < 1.29 is 4.79 Å². The van der Waals surface area contributed by atoms with Crippen LogP contribution in [0.3, 0.4) is 0 Å². The molecule has 0 spiro atoms. The number of carbonyl (C=O) groups excluding carboxylic acids is 1. The molecule has 0 fully saturated rings. The topological polar surface area (TPSA) is 55.1 Å². The largest absolute Gasteiger partial charge is 0.399 e. The molecule has 0 bridgehead atoms. The molecule has 0 saturated heterocycles. The molecule has 0 aliphatic heterocycles. The number of halogens is 1. The Morgan fingerprint density at radius 3 is 2.89 bits per heavy atom. The third kappa shape index (κ3) is 3.60. The first kappa shape index (κ1) is 13.1. The van der Waals surface area contributed by atoms with Crippen molar-refractivity contribution in [1.82, 2.24) is 5.32 Å². The molecule has 1 unspecified atom stereocenters. The van der Waals surface area contributed by atoms with Crippen LogP contribution >= 0.6 is 15.9 Å². The summed E-state index contributed by atoms with van der Waals surface area (Å²) in [5.41, 5.74) is 6.91. The molecule has 18 heavy (non-hydrogen) atoms. The number of hydrogen-bond donors (Lipinski definition) is 2. The zero-order valence-corrected chi connectivity index (χ0v) is 11.7. The number of allylic oxidation sites excluding steroid dienone is 2. The van der Waals surface area contributed by atoms with Gasteiger partial charge in [-0.05, 0) is 43.4 Å². The Hall–Kier alpha value is -1.29. The molecule has 0 radical (unpaired) electrons. The second-order valence-corrected chi connectivity index (χ2v) is 5.55. The molecule has 0 aromatic heterocycles. The molecular weight excluding hydrogens is 292 g/mol. The number of rotatable bonds is 3. The first-order chi connectivity index (χ1) is 8.65. The van der Waals surface area contributed by atoms with Gasteiger partial charge in [-0.25, -0.2) is 0 Å². The number of anilines is 1. The maximum atomic E-state index is 12.0. The molecule has 1 aliphatic carbocycles.